The predicted octanol–water partition coefficient (Wildman–Crippen LogP) is 3.99. The number of hydrogen-bond donors (Lipinski definition) is 2. The maximum Gasteiger partial charge on any atom is 0.433 e. The van der Waals surface area contributed by atoms with Gasteiger partial charge in [-0.25, -0.2) is 4.98 Å². The van der Waals surface area contributed by atoms with E-state index in [0.717, 1.165) is 31.5 Å². The fourth-order valence-corrected chi connectivity index (χ4v) is 2.26. The summed E-state index contributed by atoms with van der Waals surface area (Å²) in [6.45, 7) is 0.581. The van der Waals surface area contributed by atoms with E-state index >= 15 is 0 Å². The molecule has 0 fully saturated rings. The molecule has 0 bridgehead atoms. The van der Waals surface area contributed by atoms with Gasteiger partial charge in [-0.3, -0.25) is 0 Å². The number of allylic oxidation sites excluding steroid dienone is 1. The number of aromatic nitrogens is 1. The quantitative estimate of drug-likeness (QED) is 0.822. The van der Waals surface area contributed by atoms with Crippen LogP contribution >= 0.6 is 0 Å². The van der Waals surface area contributed by atoms with Gasteiger partial charge in [-0.1, -0.05) is 11.6 Å². The minimum atomic E-state index is -4.45. The summed E-state index contributed by atoms with van der Waals surface area (Å²) in [7, 11) is 0. The Kier molecular flexibility index (Phi) is 4.52. The summed E-state index contributed by atoms with van der Waals surface area (Å²) in [5.74, 6) is 0. The number of nitrogens with one attached hydrogen (secondary N) is 1. The van der Waals surface area contributed by atoms with Gasteiger partial charge < -0.3 is 11.1 Å². The number of nitrogen functional groups attached to an aromatic ring is 1. The first-order chi connectivity index (χ1) is 9.47. The summed E-state index contributed by atoms with van der Waals surface area (Å²) >= 11 is 0. The third-order valence-corrected chi connectivity index (χ3v) is 3.37. The Morgan fingerprint density at radius 1 is 1.30 bits per heavy atom. The van der Waals surface area contributed by atoms with Crippen molar-refractivity contribution in [2.45, 2.75) is 38.3 Å². The van der Waals surface area contributed by atoms with Crippen LogP contribution in [0.25, 0.3) is 0 Å². The Bertz CT molecular complexity index is 495. The van der Waals surface area contributed by atoms with Crippen LogP contribution in [-0.4, -0.2) is 11.5 Å². The molecule has 20 heavy (non-hydrogen) atoms. The van der Waals surface area contributed by atoms with E-state index < -0.39 is 11.9 Å². The highest BCUT2D eigenvalue weighted by molar-refractivity contribution is 5.65. The fraction of sp³-hybridized carbons (Fsp3) is 0.500. The molecule has 0 aromatic carbocycles. The van der Waals surface area contributed by atoms with E-state index in [-0.39, 0.29) is 5.69 Å². The largest absolute Gasteiger partial charge is 0.433 e. The Morgan fingerprint density at radius 2 is 2.10 bits per heavy atom. The SMILES string of the molecule is Nc1cnc(C(F)(F)F)cc1NCCC1=CCCCC1. The lowest BCUT2D eigenvalue weighted by Gasteiger charge is -2.15. The molecule has 0 atom stereocenters. The predicted molar refractivity (Wildman–Crippen MR) is 73.3 cm³/mol. The van der Waals surface area contributed by atoms with Crippen molar-refractivity contribution in [2.75, 3.05) is 17.6 Å². The Morgan fingerprint density at radius 3 is 2.75 bits per heavy atom. The zero-order valence-corrected chi connectivity index (χ0v) is 11.1. The molecule has 0 radical (unpaired) electrons. The van der Waals surface area contributed by atoms with Crippen molar-refractivity contribution in [1.29, 1.82) is 0 Å². The molecule has 2 rings (SSSR count). The minimum absolute atomic E-state index is 0.232. The molecule has 0 aliphatic heterocycles. The molecule has 0 saturated carbocycles. The summed E-state index contributed by atoms with van der Waals surface area (Å²) in [4.78, 5) is 3.31. The molecule has 1 aromatic rings. The number of hydrogen-bond acceptors (Lipinski definition) is 3. The number of alkyl halides is 3. The third-order valence-electron chi connectivity index (χ3n) is 3.37. The van der Waals surface area contributed by atoms with Crippen LogP contribution in [0.1, 0.15) is 37.8 Å². The van der Waals surface area contributed by atoms with E-state index in [2.05, 4.69) is 16.4 Å². The molecule has 3 nitrogen and oxygen atoms in total. The maximum absolute atomic E-state index is 12.6. The van der Waals surface area contributed by atoms with Gasteiger partial charge in [0.15, 0.2) is 0 Å². The highest BCUT2D eigenvalue weighted by Gasteiger charge is 2.32. The van der Waals surface area contributed by atoms with E-state index in [1.54, 1.807) is 0 Å². The summed E-state index contributed by atoms with van der Waals surface area (Å²) in [6.07, 6.45) is 4.27. The molecule has 0 unspecified atom stereocenters. The number of nitrogens with zero attached hydrogens (tertiary/aromatic N) is 1. The lowest BCUT2D eigenvalue weighted by molar-refractivity contribution is -0.141. The molecule has 0 amide bonds. The van der Waals surface area contributed by atoms with Crippen molar-refractivity contribution in [3.8, 4) is 0 Å². The number of nitrogens with two attached hydrogens (primary N) is 1. The molecule has 1 aromatic heterocycles. The second-order valence-corrected chi connectivity index (χ2v) is 4.94. The average Bonchev–Trinajstić information content (AvgIpc) is 2.41. The Labute approximate surface area is 116 Å². The topological polar surface area (TPSA) is 50.9 Å². The van der Waals surface area contributed by atoms with Crippen LogP contribution in [0, 0.1) is 0 Å². The lowest BCUT2D eigenvalue weighted by Crippen LogP contribution is -2.11. The van der Waals surface area contributed by atoms with Gasteiger partial charge >= 0.3 is 6.18 Å². The van der Waals surface area contributed by atoms with Gasteiger partial charge in [0.05, 0.1) is 17.6 Å². The molecular formula is C14H18F3N3. The molecule has 3 N–H and O–H groups in total. The first kappa shape index (κ1) is 14.7. The fourth-order valence-electron chi connectivity index (χ4n) is 2.26. The first-order valence-electron chi connectivity index (χ1n) is 6.71. The summed E-state index contributed by atoms with van der Waals surface area (Å²) in [5.41, 5.74) is 6.62. The summed E-state index contributed by atoms with van der Waals surface area (Å²) < 4.78 is 37.7. The molecule has 0 spiro atoms. The second kappa shape index (κ2) is 6.15. The minimum Gasteiger partial charge on any atom is -0.396 e. The lowest BCUT2D eigenvalue weighted by atomic mass is 9.97. The van der Waals surface area contributed by atoms with Crippen molar-refractivity contribution >= 4 is 11.4 Å². The Balaban J connectivity index is 1.96. The van der Waals surface area contributed by atoms with Crippen LogP contribution in [-0.2, 0) is 6.18 Å². The standard InChI is InChI=1S/C14H18F3N3/c15-14(16,17)13-8-12(11(18)9-20-13)19-7-6-10-4-2-1-3-5-10/h4,8-9H,1-3,5-7,18H2,(H,19,20). The number of rotatable bonds is 4. The summed E-state index contributed by atoms with van der Waals surface area (Å²) in [6, 6.07) is 0.963. The van der Waals surface area contributed by atoms with Crippen LogP contribution in [0.2, 0.25) is 0 Å². The normalized spacial score (nSPS) is 15.8. The number of anilines is 2. The molecule has 6 heteroatoms. The second-order valence-electron chi connectivity index (χ2n) is 4.94. The maximum atomic E-state index is 12.6. The van der Waals surface area contributed by atoms with Gasteiger partial charge in [-0.05, 0) is 38.2 Å². The van der Waals surface area contributed by atoms with E-state index in [1.807, 2.05) is 0 Å². The third kappa shape index (κ3) is 3.88. The van der Waals surface area contributed by atoms with Crippen molar-refractivity contribution in [3.05, 3.63) is 29.6 Å². The molecule has 1 aliphatic carbocycles. The molecule has 110 valence electrons. The average molecular weight is 285 g/mol. The molecule has 1 heterocycles. The highest BCUT2D eigenvalue weighted by atomic mass is 19.4. The molecule has 1 aliphatic rings. The van der Waals surface area contributed by atoms with Crippen LogP contribution < -0.4 is 11.1 Å². The smallest absolute Gasteiger partial charge is 0.396 e. The first-order valence-corrected chi connectivity index (χ1v) is 6.71. The van der Waals surface area contributed by atoms with Gasteiger partial charge in [0.2, 0.25) is 0 Å². The van der Waals surface area contributed by atoms with Crippen molar-refractivity contribution < 1.29 is 13.2 Å². The van der Waals surface area contributed by atoms with Gasteiger partial charge in [0.25, 0.3) is 0 Å². The van der Waals surface area contributed by atoms with Gasteiger partial charge in [0.1, 0.15) is 5.69 Å². The highest BCUT2D eigenvalue weighted by Crippen LogP contribution is 2.31. The summed E-state index contributed by atoms with van der Waals surface area (Å²) in [5, 5.41) is 2.97. The van der Waals surface area contributed by atoms with E-state index in [9.17, 15) is 13.2 Å². The van der Waals surface area contributed by atoms with Crippen LogP contribution in [0.3, 0.4) is 0 Å². The van der Waals surface area contributed by atoms with E-state index in [0.29, 0.717) is 12.2 Å². The van der Waals surface area contributed by atoms with Crippen molar-refractivity contribution in [2.24, 2.45) is 0 Å². The molecule has 0 saturated heterocycles. The van der Waals surface area contributed by atoms with Crippen molar-refractivity contribution in [1.82, 2.24) is 4.98 Å². The van der Waals surface area contributed by atoms with Crippen molar-refractivity contribution in [3.63, 3.8) is 0 Å². The van der Waals surface area contributed by atoms with Gasteiger partial charge in [-0.15, -0.1) is 0 Å². The zero-order chi connectivity index (χ0) is 14.6. The van der Waals surface area contributed by atoms with Crippen LogP contribution in [0.5, 0.6) is 0 Å². The van der Waals surface area contributed by atoms with Gasteiger partial charge in [0, 0.05) is 6.54 Å². The monoisotopic (exact) mass is 285 g/mol. The zero-order valence-electron chi connectivity index (χ0n) is 11.1. The number of pyridine rings is 1. The number of halogens is 3. The van der Waals surface area contributed by atoms with Gasteiger partial charge in [-0.2, -0.15) is 13.2 Å². The van der Waals surface area contributed by atoms with E-state index in [4.69, 9.17) is 5.73 Å². The molecular weight excluding hydrogens is 267 g/mol. The Hall–Kier alpha value is -1.72. The van der Waals surface area contributed by atoms with Crippen LogP contribution in [0.4, 0.5) is 24.5 Å². The van der Waals surface area contributed by atoms with E-state index in [1.165, 1.54) is 18.4 Å². The van der Waals surface area contributed by atoms with Crippen LogP contribution in [0.15, 0.2) is 23.9 Å².